The van der Waals surface area contributed by atoms with E-state index in [-0.39, 0.29) is 0 Å². The van der Waals surface area contributed by atoms with E-state index >= 15 is 0 Å². The summed E-state index contributed by atoms with van der Waals surface area (Å²) in [5.74, 6) is 0.887. The van der Waals surface area contributed by atoms with Crippen LogP contribution >= 0.6 is 27.5 Å². The molecular weight excluding hydrogens is 316 g/mol. The topological polar surface area (TPSA) is 52.0 Å². The van der Waals surface area contributed by atoms with Crippen molar-refractivity contribution in [2.75, 3.05) is 6.54 Å². The zero-order valence-electron chi connectivity index (χ0n) is 10.9. The number of aromatic nitrogens is 1. The minimum Gasteiger partial charge on any atom is -0.458 e. The zero-order chi connectivity index (χ0) is 13.7. The maximum atomic E-state index is 5.92. The second-order valence-corrected chi connectivity index (χ2v) is 4.85. The fourth-order valence-electron chi connectivity index (χ4n) is 1.62. The van der Waals surface area contributed by atoms with Crippen LogP contribution in [-0.4, -0.2) is 11.5 Å². The number of pyridine rings is 1. The third-order valence-electron chi connectivity index (χ3n) is 2.41. The van der Waals surface area contributed by atoms with E-state index in [0.29, 0.717) is 11.7 Å². The van der Waals surface area contributed by atoms with Gasteiger partial charge >= 0.3 is 0 Å². The smallest absolute Gasteiger partial charge is 0.156 e. The number of fused-ring (bicyclic) bond motifs is 1. The van der Waals surface area contributed by atoms with Crippen molar-refractivity contribution in [3.05, 3.63) is 27.0 Å². The average Bonchev–Trinajstić information content (AvgIpc) is 2.67. The molecule has 100 valence electrons. The molecule has 2 rings (SSSR count). The summed E-state index contributed by atoms with van der Waals surface area (Å²) in [4.78, 5) is 4.26. The van der Waals surface area contributed by atoms with Gasteiger partial charge in [0.2, 0.25) is 0 Å². The van der Waals surface area contributed by atoms with Gasteiger partial charge in [0.25, 0.3) is 0 Å². The van der Waals surface area contributed by atoms with Gasteiger partial charge in [-0.3, -0.25) is 0 Å². The Morgan fingerprint density at radius 3 is 2.72 bits per heavy atom. The lowest BCUT2D eigenvalue weighted by molar-refractivity contribution is 0.535. The van der Waals surface area contributed by atoms with Gasteiger partial charge in [-0.25, -0.2) is 4.98 Å². The van der Waals surface area contributed by atoms with Crippen LogP contribution in [0.25, 0.3) is 11.1 Å². The lowest BCUT2D eigenvalue weighted by atomic mass is 10.2. The second kappa shape index (κ2) is 7.12. The predicted octanol–water partition coefficient (Wildman–Crippen LogP) is 4.47. The van der Waals surface area contributed by atoms with E-state index in [2.05, 4.69) is 20.9 Å². The summed E-state index contributed by atoms with van der Waals surface area (Å²) in [5, 5.41) is 0.483. The minimum absolute atomic E-state index is 0.483. The van der Waals surface area contributed by atoms with Crippen molar-refractivity contribution >= 4 is 38.6 Å². The molecule has 0 radical (unpaired) electrons. The van der Waals surface area contributed by atoms with Crippen molar-refractivity contribution in [1.82, 2.24) is 4.98 Å². The van der Waals surface area contributed by atoms with Crippen molar-refractivity contribution in [2.24, 2.45) is 5.73 Å². The van der Waals surface area contributed by atoms with E-state index in [1.807, 2.05) is 20.8 Å². The number of furan rings is 1. The van der Waals surface area contributed by atoms with Gasteiger partial charge in [0.15, 0.2) is 5.58 Å². The van der Waals surface area contributed by atoms with Crippen LogP contribution in [0.15, 0.2) is 15.0 Å². The SMILES string of the molecule is CC.Cc1cc(Cl)nc2c(Br)c(CCCN)oc12. The van der Waals surface area contributed by atoms with Crippen LogP contribution in [-0.2, 0) is 6.42 Å². The van der Waals surface area contributed by atoms with Gasteiger partial charge < -0.3 is 10.2 Å². The Morgan fingerprint density at radius 2 is 2.11 bits per heavy atom. The zero-order valence-corrected chi connectivity index (χ0v) is 13.2. The van der Waals surface area contributed by atoms with Crippen molar-refractivity contribution in [1.29, 1.82) is 0 Å². The Hall–Kier alpha value is -0.580. The Balaban J connectivity index is 0.000000771. The Kier molecular flexibility index (Phi) is 6.12. The van der Waals surface area contributed by atoms with E-state index in [1.54, 1.807) is 6.07 Å². The Bertz CT molecular complexity index is 525. The molecule has 0 atom stereocenters. The maximum Gasteiger partial charge on any atom is 0.156 e. The molecule has 2 N–H and O–H groups in total. The summed E-state index contributed by atoms with van der Waals surface area (Å²) in [7, 11) is 0. The van der Waals surface area contributed by atoms with Crippen LogP contribution in [0.4, 0.5) is 0 Å². The van der Waals surface area contributed by atoms with Crippen LogP contribution in [0.3, 0.4) is 0 Å². The maximum absolute atomic E-state index is 5.92. The first-order valence-electron chi connectivity index (χ1n) is 6.07. The molecule has 0 aliphatic rings. The Labute approximate surface area is 121 Å². The molecule has 0 bridgehead atoms. The average molecular weight is 334 g/mol. The van der Waals surface area contributed by atoms with Crippen LogP contribution in [0.2, 0.25) is 5.15 Å². The molecular formula is C13H18BrClN2O. The molecule has 0 unspecified atom stereocenters. The summed E-state index contributed by atoms with van der Waals surface area (Å²) in [5.41, 5.74) is 8.06. The Morgan fingerprint density at radius 1 is 1.44 bits per heavy atom. The summed E-state index contributed by atoms with van der Waals surface area (Å²) < 4.78 is 6.65. The van der Waals surface area contributed by atoms with E-state index < -0.39 is 0 Å². The van der Waals surface area contributed by atoms with Gasteiger partial charge in [-0.1, -0.05) is 25.4 Å². The standard InChI is InChI=1S/C11H12BrClN2O.C2H6/c1-6-5-8(13)15-10-9(12)7(3-2-4-14)16-11(6)10;1-2/h5H,2-4,14H2,1H3;1-2H3. The van der Waals surface area contributed by atoms with Gasteiger partial charge in [0.1, 0.15) is 16.4 Å². The van der Waals surface area contributed by atoms with Gasteiger partial charge in [0.05, 0.1) is 4.47 Å². The normalized spacial score (nSPS) is 10.3. The number of hydrogen-bond donors (Lipinski definition) is 1. The molecule has 3 nitrogen and oxygen atoms in total. The highest BCUT2D eigenvalue weighted by atomic mass is 79.9. The fraction of sp³-hybridized carbons (Fsp3) is 0.462. The van der Waals surface area contributed by atoms with E-state index in [1.165, 1.54) is 0 Å². The molecule has 0 aliphatic heterocycles. The molecule has 0 aromatic carbocycles. The summed E-state index contributed by atoms with van der Waals surface area (Å²) in [6.45, 7) is 6.61. The largest absolute Gasteiger partial charge is 0.458 e. The van der Waals surface area contributed by atoms with Gasteiger partial charge in [-0.2, -0.15) is 0 Å². The van der Waals surface area contributed by atoms with Gasteiger partial charge in [-0.05, 0) is 47.4 Å². The number of nitrogens with zero attached hydrogens (tertiary/aromatic N) is 1. The molecule has 2 aromatic heterocycles. The molecule has 0 spiro atoms. The van der Waals surface area contributed by atoms with Crippen molar-refractivity contribution in [3.63, 3.8) is 0 Å². The third kappa shape index (κ3) is 3.25. The summed E-state index contributed by atoms with van der Waals surface area (Å²) in [6.07, 6.45) is 1.70. The molecule has 0 amide bonds. The number of rotatable bonds is 3. The lowest BCUT2D eigenvalue weighted by Crippen LogP contribution is -1.99. The quantitative estimate of drug-likeness (QED) is 0.843. The fourth-order valence-corrected chi connectivity index (χ4v) is 2.42. The van der Waals surface area contributed by atoms with E-state index in [4.69, 9.17) is 21.8 Å². The van der Waals surface area contributed by atoms with Crippen LogP contribution in [0.1, 0.15) is 31.6 Å². The highest BCUT2D eigenvalue weighted by Crippen LogP contribution is 2.33. The minimum atomic E-state index is 0.483. The number of aryl methyl sites for hydroxylation is 2. The van der Waals surface area contributed by atoms with Crippen LogP contribution < -0.4 is 5.73 Å². The van der Waals surface area contributed by atoms with Gasteiger partial charge in [-0.15, -0.1) is 0 Å². The van der Waals surface area contributed by atoms with Crippen LogP contribution in [0, 0.1) is 6.92 Å². The first-order chi connectivity index (χ1) is 8.63. The molecule has 2 aromatic rings. The molecule has 5 heteroatoms. The molecule has 18 heavy (non-hydrogen) atoms. The van der Waals surface area contributed by atoms with Crippen molar-refractivity contribution in [2.45, 2.75) is 33.6 Å². The summed E-state index contributed by atoms with van der Waals surface area (Å²) in [6, 6.07) is 1.80. The summed E-state index contributed by atoms with van der Waals surface area (Å²) >= 11 is 9.41. The molecule has 0 saturated heterocycles. The number of hydrogen-bond acceptors (Lipinski definition) is 3. The first-order valence-corrected chi connectivity index (χ1v) is 7.24. The van der Waals surface area contributed by atoms with Gasteiger partial charge in [0, 0.05) is 6.42 Å². The molecule has 2 heterocycles. The highest BCUT2D eigenvalue weighted by molar-refractivity contribution is 9.10. The highest BCUT2D eigenvalue weighted by Gasteiger charge is 2.15. The molecule has 0 fully saturated rings. The van der Waals surface area contributed by atoms with E-state index in [9.17, 15) is 0 Å². The monoisotopic (exact) mass is 332 g/mol. The van der Waals surface area contributed by atoms with Crippen molar-refractivity contribution < 1.29 is 4.42 Å². The molecule has 0 saturated carbocycles. The molecule has 0 aliphatic carbocycles. The van der Waals surface area contributed by atoms with E-state index in [0.717, 1.165) is 39.7 Å². The number of nitrogens with two attached hydrogens (primary N) is 1. The predicted molar refractivity (Wildman–Crippen MR) is 80.2 cm³/mol. The number of halogens is 2. The van der Waals surface area contributed by atoms with Crippen molar-refractivity contribution in [3.8, 4) is 0 Å². The lowest BCUT2D eigenvalue weighted by Gasteiger charge is -1.94. The van der Waals surface area contributed by atoms with Crippen LogP contribution in [0.5, 0.6) is 0 Å². The second-order valence-electron chi connectivity index (χ2n) is 3.67. The first kappa shape index (κ1) is 15.5. The third-order valence-corrected chi connectivity index (χ3v) is 3.42.